The molecule has 0 bridgehead atoms. The van der Waals surface area contributed by atoms with Crippen LogP contribution in [0.5, 0.6) is 0 Å². The Kier molecular flexibility index (Phi) is 5.89. The number of rotatable bonds is 7. The van der Waals surface area contributed by atoms with E-state index in [0.29, 0.717) is 23.4 Å². The number of benzene rings is 2. The summed E-state index contributed by atoms with van der Waals surface area (Å²) in [4.78, 5) is 39.2. The molecule has 0 radical (unpaired) electrons. The van der Waals surface area contributed by atoms with Crippen molar-refractivity contribution in [1.82, 2.24) is 0 Å². The van der Waals surface area contributed by atoms with Crippen LogP contribution in [0.15, 0.2) is 88.7 Å². The van der Waals surface area contributed by atoms with Crippen LogP contribution in [0.25, 0.3) is 0 Å². The molecular weight excluding hydrogens is 410 g/mol. The van der Waals surface area contributed by atoms with Gasteiger partial charge in [-0.15, -0.1) is 0 Å². The third-order valence-electron chi connectivity index (χ3n) is 5.37. The summed E-state index contributed by atoms with van der Waals surface area (Å²) in [5.41, 5.74) is 1.70. The number of methoxy groups -OCH3 is 1. The minimum absolute atomic E-state index is 0.00192. The van der Waals surface area contributed by atoms with Gasteiger partial charge in [0.15, 0.2) is 11.5 Å². The summed E-state index contributed by atoms with van der Waals surface area (Å²) in [5, 5.41) is 10.7. The third kappa shape index (κ3) is 3.92. The van der Waals surface area contributed by atoms with E-state index in [0.717, 1.165) is 5.56 Å². The highest BCUT2D eigenvalue weighted by Crippen LogP contribution is 2.41. The average Bonchev–Trinajstić information content (AvgIpc) is 3.45. The van der Waals surface area contributed by atoms with Crippen molar-refractivity contribution in [3.05, 3.63) is 101 Å². The van der Waals surface area contributed by atoms with Gasteiger partial charge in [-0.05, 0) is 48.4 Å². The van der Waals surface area contributed by atoms with E-state index in [2.05, 4.69) is 0 Å². The highest BCUT2D eigenvalue weighted by atomic mass is 16.5. The first-order chi connectivity index (χ1) is 15.5. The van der Waals surface area contributed by atoms with Crippen molar-refractivity contribution in [1.29, 1.82) is 0 Å². The summed E-state index contributed by atoms with van der Waals surface area (Å²) >= 11 is 0. The van der Waals surface area contributed by atoms with Gasteiger partial charge in [0.1, 0.15) is 11.8 Å². The molecule has 1 unspecified atom stereocenters. The molecule has 1 aliphatic heterocycles. The molecule has 1 aliphatic rings. The van der Waals surface area contributed by atoms with Gasteiger partial charge in [-0.1, -0.05) is 30.3 Å². The maximum absolute atomic E-state index is 13.1. The smallest absolute Gasteiger partial charge is 0.337 e. The Morgan fingerprint density at radius 1 is 1.03 bits per heavy atom. The average molecular weight is 431 g/mol. The van der Waals surface area contributed by atoms with Crippen molar-refractivity contribution in [2.24, 2.45) is 0 Å². The van der Waals surface area contributed by atoms with Crippen molar-refractivity contribution < 1.29 is 28.6 Å². The van der Waals surface area contributed by atoms with E-state index in [-0.39, 0.29) is 17.8 Å². The van der Waals surface area contributed by atoms with Gasteiger partial charge in [0.25, 0.3) is 5.91 Å². The molecule has 2 aromatic carbocycles. The molecule has 0 saturated carbocycles. The van der Waals surface area contributed by atoms with E-state index >= 15 is 0 Å². The predicted molar refractivity (Wildman–Crippen MR) is 116 cm³/mol. The lowest BCUT2D eigenvalue weighted by atomic mass is 9.96. The molecule has 162 valence electrons. The zero-order chi connectivity index (χ0) is 22.7. The number of amides is 1. The van der Waals surface area contributed by atoms with Gasteiger partial charge in [0, 0.05) is 12.1 Å². The van der Waals surface area contributed by atoms with Crippen molar-refractivity contribution >= 4 is 23.3 Å². The van der Waals surface area contributed by atoms with Crippen LogP contribution in [0.3, 0.4) is 0 Å². The molecular formula is C25H21NO6. The number of furan rings is 1. The number of aliphatic hydroxyl groups excluding tert-OH is 1. The molecule has 1 amide bonds. The van der Waals surface area contributed by atoms with Crippen molar-refractivity contribution in [3.63, 3.8) is 0 Å². The largest absolute Gasteiger partial charge is 0.503 e. The maximum Gasteiger partial charge on any atom is 0.337 e. The fourth-order valence-corrected chi connectivity index (χ4v) is 3.79. The predicted octanol–water partition coefficient (Wildman–Crippen LogP) is 4.17. The minimum atomic E-state index is -0.912. The second-order valence-electron chi connectivity index (χ2n) is 7.30. The third-order valence-corrected chi connectivity index (χ3v) is 5.37. The van der Waals surface area contributed by atoms with E-state index in [4.69, 9.17) is 9.15 Å². The van der Waals surface area contributed by atoms with Gasteiger partial charge in [-0.25, -0.2) is 4.79 Å². The van der Waals surface area contributed by atoms with Crippen LogP contribution >= 0.6 is 0 Å². The van der Waals surface area contributed by atoms with Gasteiger partial charge in [-0.2, -0.15) is 0 Å². The first-order valence-corrected chi connectivity index (χ1v) is 10.1. The molecule has 0 aliphatic carbocycles. The molecule has 1 atom stereocenters. The fourth-order valence-electron chi connectivity index (χ4n) is 3.79. The summed E-state index contributed by atoms with van der Waals surface area (Å²) in [6.07, 6.45) is 2.05. The maximum atomic E-state index is 13.1. The van der Waals surface area contributed by atoms with Gasteiger partial charge >= 0.3 is 5.97 Å². The molecule has 0 saturated heterocycles. The van der Waals surface area contributed by atoms with Crippen LogP contribution in [0, 0.1) is 0 Å². The number of carbonyl (C=O) groups excluding carboxylic acids is 3. The number of anilines is 1. The fraction of sp³-hybridized carbons (Fsp3) is 0.160. The molecule has 1 N–H and O–H groups in total. The van der Waals surface area contributed by atoms with Crippen LogP contribution in [-0.4, -0.2) is 29.9 Å². The van der Waals surface area contributed by atoms with Crippen molar-refractivity contribution in [2.75, 3.05) is 12.0 Å². The first-order valence-electron chi connectivity index (χ1n) is 10.1. The SMILES string of the molecule is COC(=O)c1ccc(N2C(=O)C(O)=C(C(=O)CCc3ccccc3)C2c2ccco2)cc1. The molecule has 4 rings (SSSR count). The highest BCUT2D eigenvalue weighted by Gasteiger charge is 2.45. The number of hydrogen-bond donors (Lipinski definition) is 1. The minimum Gasteiger partial charge on any atom is -0.503 e. The Hall–Kier alpha value is -4.13. The molecule has 0 spiro atoms. The summed E-state index contributed by atoms with van der Waals surface area (Å²) in [5.74, 6) is -1.80. The standard InChI is InChI=1S/C25H21NO6/c1-31-25(30)17-10-12-18(13-11-17)26-22(20-8-5-15-32-20)21(23(28)24(26)29)19(27)14-9-16-6-3-2-4-7-16/h2-8,10-13,15,22,28H,9,14H2,1H3. The second kappa shape index (κ2) is 8.93. The number of nitrogens with zero attached hydrogens (tertiary/aromatic N) is 1. The van der Waals surface area contributed by atoms with Crippen LogP contribution in [0.4, 0.5) is 5.69 Å². The molecule has 0 fully saturated rings. The number of ether oxygens (including phenoxy) is 1. The lowest BCUT2D eigenvalue weighted by Gasteiger charge is -2.25. The number of ketones is 1. The molecule has 7 heteroatoms. The molecule has 32 heavy (non-hydrogen) atoms. The summed E-state index contributed by atoms with van der Waals surface area (Å²) < 4.78 is 10.2. The molecule has 3 aromatic rings. The van der Waals surface area contributed by atoms with Crippen LogP contribution in [0.2, 0.25) is 0 Å². The Labute approximate surface area is 184 Å². The monoisotopic (exact) mass is 431 g/mol. The van der Waals surface area contributed by atoms with E-state index < -0.39 is 23.7 Å². The van der Waals surface area contributed by atoms with Gasteiger partial charge in [-0.3, -0.25) is 14.5 Å². The number of aliphatic hydroxyl groups is 1. The normalized spacial score (nSPS) is 15.8. The van der Waals surface area contributed by atoms with E-state index in [9.17, 15) is 19.5 Å². The quantitative estimate of drug-likeness (QED) is 0.564. The topological polar surface area (TPSA) is 97.0 Å². The number of carbonyl (C=O) groups is 3. The van der Waals surface area contributed by atoms with E-state index in [1.807, 2.05) is 30.3 Å². The number of Topliss-reactive ketones (excluding diaryl/α,β-unsaturated/α-hetero) is 1. The van der Waals surface area contributed by atoms with Crippen LogP contribution in [0.1, 0.15) is 34.1 Å². The lowest BCUT2D eigenvalue weighted by Crippen LogP contribution is -2.30. The summed E-state index contributed by atoms with van der Waals surface area (Å²) in [6.45, 7) is 0. The van der Waals surface area contributed by atoms with Gasteiger partial charge in [0.05, 0.1) is 24.5 Å². The van der Waals surface area contributed by atoms with Crippen molar-refractivity contribution in [3.8, 4) is 0 Å². The highest BCUT2D eigenvalue weighted by molar-refractivity contribution is 6.16. The number of hydrogen-bond acceptors (Lipinski definition) is 6. The second-order valence-corrected chi connectivity index (χ2v) is 7.30. The zero-order valence-electron chi connectivity index (χ0n) is 17.4. The van der Waals surface area contributed by atoms with E-state index in [1.165, 1.54) is 30.4 Å². The van der Waals surface area contributed by atoms with Crippen LogP contribution in [-0.2, 0) is 20.7 Å². The van der Waals surface area contributed by atoms with E-state index in [1.54, 1.807) is 24.3 Å². The Morgan fingerprint density at radius 3 is 2.38 bits per heavy atom. The summed E-state index contributed by atoms with van der Waals surface area (Å²) in [7, 11) is 1.28. The first kappa shape index (κ1) is 21.1. The van der Waals surface area contributed by atoms with Gasteiger partial charge < -0.3 is 14.3 Å². The number of esters is 1. The zero-order valence-corrected chi connectivity index (χ0v) is 17.4. The molecule has 2 heterocycles. The van der Waals surface area contributed by atoms with Crippen molar-refractivity contribution in [2.45, 2.75) is 18.9 Å². The number of aryl methyl sites for hydroxylation is 1. The summed E-state index contributed by atoms with van der Waals surface area (Å²) in [6, 6.07) is 18.0. The molecule has 1 aromatic heterocycles. The Balaban J connectivity index is 1.66. The Morgan fingerprint density at radius 2 is 1.75 bits per heavy atom. The van der Waals surface area contributed by atoms with Gasteiger partial charge in [0.2, 0.25) is 0 Å². The Bertz CT molecular complexity index is 1160. The molecule has 7 nitrogen and oxygen atoms in total. The van der Waals surface area contributed by atoms with Crippen LogP contribution < -0.4 is 4.90 Å². The lowest BCUT2D eigenvalue weighted by molar-refractivity contribution is -0.118.